The van der Waals surface area contributed by atoms with E-state index in [1.807, 2.05) is 0 Å². The van der Waals surface area contributed by atoms with Crippen molar-refractivity contribution in [2.75, 3.05) is 71.7 Å². The maximum atomic E-state index is 15.0. The number of hydrogen-bond acceptors (Lipinski definition) is 12. The molecule has 318 valence electrons. The van der Waals surface area contributed by atoms with Gasteiger partial charge in [0.2, 0.25) is 0 Å². The molecule has 0 bridgehead atoms. The van der Waals surface area contributed by atoms with Crippen LogP contribution in [0.1, 0.15) is 89.7 Å². The lowest BCUT2D eigenvalue weighted by molar-refractivity contribution is 0.00542. The Hall–Kier alpha value is -3.75. The van der Waals surface area contributed by atoms with Gasteiger partial charge in [0.1, 0.15) is 11.2 Å². The first-order chi connectivity index (χ1) is 26.4. The fourth-order valence-corrected chi connectivity index (χ4v) is 7.28. The van der Waals surface area contributed by atoms with Gasteiger partial charge in [0.05, 0.1) is 46.1 Å². The van der Waals surface area contributed by atoms with E-state index in [4.69, 9.17) is 28.1 Å². The molecule has 1 aromatic carbocycles. The number of ether oxygens (including phenoxy) is 5. The molecule has 1 aliphatic rings. The summed E-state index contributed by atoms with van der Waals surface area (Å²) in [5, 5.41) is 0.287. The average molecular weight is 835 g/mol. The van der Waals surface area contributed by atoms with E-state index in [9.17, 15) is 14.4 Å². The lowest BCUT2D eigenvalue weighted by Gasteiger charge is -2.41. The summed E-state index contributed by atoms with van der Waals surface area (Å²) < 4.78 is 49.4. The molecule has 2 aromatic rings. The van der Waals surface area contributed by atoms with Crippen LogP contribution in [0.15, 0.2) is 18.2 Å². The van der Waals surface area contributed by atoms with Crippen LogP contribution in [0, 0.1) is 17.7 Å². The molecule has 0 N–H and O–H groups in total. The molecule has 1 fully saturated rings. The van der Waals surface area contributed by atoms with Crippen molar-refractivity contribution in [3.05, 3.63) is 40.2 Å². The Kier molecular flexibility index (Phi) is 16.9. The predicted octanol–water partition coefficient (Wildman–Crippen LogP) is 7.76. The van der Waals surface area contributed by atoms with Gasteiger partial charge in [-0.25, -0.2) is 23.8 Å². The van der Waals surface area contributed by atoms with Gasteiger partial charge in [-0.15, -0.1) is 11.3 Å². The van der Waals surface area contributed by atoms with Gasteiger partial charge >= 0.3 is 18.2 Å². The van der Waals surface area contributed by atoms with Crippen LogP contribution in [0.5, 0.6) is 5.75 Å². The van der Waals surface area contributed by atoms with Crippen molar-refractivity contribution < 1.29 is 46.9 Å². The fourth-order valence-electron chi connectivity index (χ4n) is 5.15. The van der Waals surface area contributed by atoms with Crippen LogP contribution in [0.2, 0.25) is 18.1 Å². The third-order valence-corrected chi connectivity index (χ3v) is 14.9. The molecule has 1 atom stereocenters. The van der Waals surface area contributed by atoms with E-state index in [1.165, 1.54) is 40.4 Å². The van der Waals surface area contributed by atoms with Crippen molar-refractivity contribution in [1.29, 1.82) is 0 Å². The highest BCUT2D eigenvalue weighted by atomic mass is 32.1. The van der Waals surface area contributed by atoms with E-state index in [0.717, 1.165) is 0 Å². The normalized spacial score (nSPS) is 14.6. The number of morpholine rings is 1. The predicted molar refractivity (Wildman–Crippen MR) is 222 cm³/mol. The van der Waals surface area contributed by atoms with Gasteiger partial charge in [0.15, 0.2) is 30.7 Å². The Bertz CT molecular complexity index is 1730. The molecule has 0 spiro atoms. The van der Waals surface area contributed by atoms with Crippen molar-refractivity contribution >= 4 is 42.9 Å². The largest absolute Gasteiger partial charge is 0.491 e. The van der Waals surface area contributed by atoms with Crippen molar-refractivity contribution in [3.63, 3.8) is 0 Å². The summed E-state index contributed by atoms with van der Waals surface area (Å²) in [6, 6.07) is 4.20. The molecule has 0 aliphatic carbocycles. The number of carbonyl (C=O) groups excluding carboxylic acids is 3. The van der Waals surface area contributed by atoms with Gasteiger partial charge < -0.3 is 33.0 Å². The standard InChI is InChI=1S/C41H63FN4O9SSi/c1-39(2,3)54-37(48)44(10)20-14-16-29-18-19-32(31(42)26-29)52-23-15-17-33-34(35(47)50-11)43-36(56-33)46(38(49)55-40(4,5)6)27-30(45-21-24-51-25-22-45)28-53-57(12,13)41(7,8)9/h18-19,26,30H,15,17,20-25,27-28H2,1-13H3. The maximum absolute atomic E-state index is 15.0. The Balaban J connectivity index is 1.79. The van der Waals surface area contributed by atoms with Crippen LogP contribution in [0.3, 0.4) is 0 Å². The molecular formula is C41H63FN4O9SSi. The highest BCUT2D eigenvalue weighted by molar-refractivity contribution is 7.16. The quantitative estimate of drug-likeness (QED) is 0.0609. The van der Waals surface area contributed by atoms with E-state index >= 15 is 4.39 Å². The zero-order chi connectivity index (χ0) is 42.8. The minimum Gasteiger partial charge on any atom is -0.491 e. The minimum atomic E-state index is -2.14. The second-order valence-corrected chi connectivity index (χ2v) is 23.3. The van der Waals surface area contributed by atoms with Crippen LogP contribution in [0.4, 0.5) is 19.1 Å². The van der Waals surface area contributed by atoms with Crippen LogP contribution >= 0.6 is 11.3 Å². The number of carbonyl (C=O) groups is 3. The van der Waals surface area contributed by atoms with Gasteiger partial charge in [-0.2, -0.15) is 0 Å². The molecule has 1 aliphatic heterocycles. The molecule has 1 aromatic heterocycles. The fraction of sp³-hybridized carbons (Fsp3) is 0.659. The lowest BCUT2D eigenvalue weighted by Crippen LogP contribution is -2.54. The molecule has 0 radical (unpaired) electrons. The van der Waals surface area contributed by atoms with E-state index in [2.05, 4.69) is 55.6 Å². The van der Waals surface area contributed by atoms with Crippen molar-refractivity contribution in [1.82, 2.24) is 14.8 Å². The number of thiazole rings is 1. The number of nitrogens with zero attached hydrogens (tertiary/aromatic N) is 4. The molecule has 0 saturated carbocycles. The van der Waals surface area contributed by atoms with Gasteiger partial charge in [-0.05, 0) is 90.7 Å². The average Bonchev–Trinajstić information content (AvgIpc) is 3.52. The van der Waals surface area contributed by atoms with Crippen molar-refractivity contribution in [3.8, 4) is 17.6 Å². The van der Waals surface area contributed by atoms with Crippen molar-refractivity contribution in [2.24, 2.45) is 0 Å². The smallest absolute Gasteiger partial charge is 0.416 e. The minimum absolute atomic E-state index is 0.0102. The topological polar surface area (TPSA) is 129 Å². The van der Waals surface area contributed by atoms with Crippen LogP contribution < -0.4 is 9.64 Å². The molecule has 1 saturated heterocycles. The second-order valence-electron chi connectivity index (χ2n) is 17.5. The number of methoxy groups -OCH3 is 1. The van der Waals surface area contributed by atoms with E-state index in [1.54, 1.807) is 54.7 Å². The van der Waals surface area contributed by atoms with E-state index < -0.39 is 43.5 Å². The van der Waals surface area contributed by atoms with Crippen molar-refractivity contribution in [2.45, 2.75) is 111 Å². The highest BCUT2D eigenvalue weighted by Crippen LogP contribution is 2.37. The number of halogens is 1. The summed E-state index contributed by atoms with van der Waals surface area (Å²) in [6.07, 6.45) is -0.332. The first-order valence-electron chi connectivity index (χ1n) is 19.3. The van der Waals surface area contributed by atoms with Gasteiger partial charge in [0, 0.05) is 37.1 Å². The summed E-state index contributed by atoms with van der Waals surface area (Å²) in [5.41, 5.74) is -0.892. The monoisotopic (exact) mass is 834 g/mol. The summed E-state index contributed by atoms with van der Waals surface area (Å²) in [6.45, 7) is 25.0. The molecule has 3 rings (SSSR count). The Morgan fingerprint density at radius 2 is 1.65 bits per heavy atom. The van der Waals surface area contributed by atoms with Gasteiger partial charge in [0.25, 0.3) is 0 Å². The summed E-state index contributed by atoms with van der Waals surface area (Å²) in [7, 11) is 0.713. The van der Waals surface area contributed by atoms with E-state index in [-0.39, 0.29) is 42.2 Å². The second kappa shape index (κ2) is 20.3. The molecule has 2 heterocycles. The van der Waals surface area contributed by atoms with Crippen LogP contribution in [-0.2, 0) is 29.8 Å². The van der Waals surface area contributed by atoms with Gasteiger partial charge in [-0.3, -0.25) is 9.80 Å². The summed E-state index contributed by atoms with van der Waals surface area (Å²) in [5.74, 6) is 4.55. The van der Waals surface area contributed by atoms with E-state index in [0.29, 0.717) is 61.3 Å². The first kappa shape index (κ1) is 47.6. The molecule has 1 unspecified atom stereocenters. The Labute approximate surface area is 343 Å². The molecular weight excluding hydrogens is 772 g/mol. The zero-order valence-electron chi connectivity index (χ0n) is 36.1. The molecule has 57 heavy (non-hydrogen) atoms. The number of aromatic nitrogens is 1. The Morgan fingerprint density at radius 3 is 2.23 bits per heavy atom. The summed E-state index contributed by atoms with van der Waals surface area (Å²) in [4.78, 5) is 49.4. The number of esters is 1. The number of aryl methyl sites for hydroxylation is 1. The highest BCUT2D eigenvalue weighted by Gasteiger charge is 2.39. The SMILES string of the molecule is COC(=O)c1nc(N(CC(CO[Si](C)(C)C(C)(C)C)N2CCOCC2)C(=O)OC(C)(C)C)sc1CCCOc1ccc(C#CCN(C)C(=O)OC(C)(C)C)cc1F. The van der Waals surface area contributed by atoms with Crippen LogP contribution in [-0.4, -0.2) is 125 Å². The number of amides is 2. The molecule has 16 heteroatoms. The van der Waals surface area contributed by atoms with Crippen LogP contribution in [0.25, 0.3) is 0 Å². The first-order valence-corrected chi connectivity index (χ1v) is 23.0. The number of rotatable bonds is 14. The molecule has 2 amide bonds. The zero-order valence-corrected chi connectivity index (χ0v) is 37.9. The third-order valence-electron chi connectivity index (χ3n) is 9.30. The maximum Gasteiger partial charge on any atom is 0.416 e. The number of anilines is 1. The number of hydrogen-bond donors (Lipinski definition) is 0. The Morgan fingerprint density at radius 1 is 1.02 bits per heavy atom. The summed E-state index contributed by atoms with van der Waals surface area (Å²) >= 11 is 1.21. The molecule has 13 nitrogen and oxygen atoms in total. The van der Waals surface area contributed by atoms with Gasteiger partial charge in [-0.1, -0.05) is 32.6 Å². The lowest BCUT2D eigenvalue weighted by atomic mass is 10.2. The third kappa shape index (κ3) is 15.2. The number of benzene rings is 1.